The second kappa shape index (κ2) is 6.53. The summed E-state index contributed by atoms with van der Waals surface area (Å²) >= 11 is 0. The van der Waals surface area contributed by atoms with Gasteiger partial charge in [-0.15, -0.1) is 0 Å². The summed E-state index contributed by atoms with van der Waals surface area (Å²) in [6.07, 6.45) is 0. The zero-order valence-electron chi connectivity index (χ0n) is 12.1. The molecule has 2 rings (SSSR count). The number of nitrogen functional groups attached to an aromatic ring is 1. The lowest BCUT2D eigenvalue weighted by Crippen LogP contribution is -2.23. The third-order valence-corrected chi connectivity index (χ3v) is 3.60. The zero-order valence-corrected chi connectivity index (χ0v) is 12.1. The summed E-state index contributed by atoms with van der Waals surface area (Å²) in [7, 11) is 0. The predicted octanol–water partition coefficient (Wildman–Crippen LogP) is 3.74. The summed E-state index contributed by atoms with van der Waals surface area (Å²) in [5, 5.41) is 0. The van der Waals surface area contributed by atoms with Gasteiger partial charge in [0, 0.05) is 18.8 Å². The van der Waals surface area contributed by atoms with Gasteiger partial charge < -0.3 is 5.73 Å². The molecule has 0 fully saturated rings. The number of halogens is 1. The first-order valence-electron chi connectivity index (χ1n) is 6.91. The van der Waals surface area contributed by atoms with E-state index in [1.807, 2.05) is 12.1 Å². The van der Waals surface area contributed by atoms with Gasteiger partial charge in [0.1, 0.15) is 5.82 Å². The number of hydrogen-bond acceptors (Lipinski definition) is 2. The first-order chi connectivity index (χ1) is 9.60. The van der Waals surface area contributed by atoms with Crippen molar-refractivity contribution >= 4 is 5.69 Å². The maximum Gasteiger partial charge on any atom is 0.123 e. The van der Waals surface area contributed by atoms with E-state index >= 15 is 0 Å². The molecule has 2 nitrogen and oxygen atoms in total. The quantitative estimate of drug-likeness (QED) is 0.840. The van der Waals surface area contributed by atoms with Crippen molar-refractivity contribution in [3.8, 4) is 0 Å². The van der Waals surface area contributed by atoms with Gasteiger partial charge in [-0.3, -0.25) is 4.90 Å². The molecular formula is C17H21FN2. The van der Waals surface area contributed by atoms with Crippen LogP contribution in [-0.4, -0.2) is 11.4 Å². The summed E-state index contributed by atoms with van der Waals surface area (Å²) < 4.78 is 13.3. The lowest BCUT2D eigenvalue weighted by Gasteiger charge is -2.22. The van der Waals surface area contributed by atoms with Crippen LogP contribution in [0.1, 0.15) is 23.6 Å². The van der Waals surface area contributed by atoms with E-state index in [0.29, 0.717) is 12.2 Å². The first kappa shape index (κ1) is 14.5. The molecule has 2 aromatic carbocycles. The van der Waals surface area contributed by atoms with E-state index in [-0.39, 0.29) is 5.82 Å². The molecule has 0 unspecified atom stereocenters. The predicted molar refractivity (Wildman–Crippen MR) is 81.8 cm³/mol. The highest BCUT2D eigenvalue weighted by atomic mass is 19.1. The Labute approximate surface area is 120 Å². The van der Waals surface area contributed by atoms with E-state index in [2.05, 4.69) is 30.9 Å². The smallest absolute Gasteiger partial charge is 0.123 e. The molecule has 0 saturated carbocycles. The van der Waals surface area contributed by atoms with Crippen molar-refractivity contribution in [1.29, 1.82) is 0 Å². The first-order valence-corrected chi connectivity index (χ1v) is 6.91. The second-order valence-electron chi connectivity index (χ2n) is 5.07. The van der Waals surface area contributed by atoms with Crippen LogP contribution >= 0.6 is 0 Å². The monoisotopic (exact) mass is 272 g/mol. The van der Waals surface area contributed by atoms with Crippen LogP contribution in [0, 0.1) is 12.7 Å². The Morgan fingerprint density at radius 1 is 1.05 bits per heavy atom. The molecule has 2 N–H and O–H groups in total. The molecule has 0 aliphatic rings. The number of rotatable bonds is 5. The van der Waals surface area contributed by atoms with E-state index in [9.17, 15) is 4.39 Å². The number of benzene rings is 2. The normalized spacial score (nSPS) is 11.0. The van der Waals surface area contributed by atoms with Crippen molar-refractivity contribution in [3.05, 3.63) is 65.0 Å². The molecule has 0 aliphatic heterocycles. The molecule has 0 heterocycles. The van der Waals surface area contributed by atoms with Crippen molar-refractivity contribution in [2.75, 3.05) is 12.3 Å². The van der Waals surface area contributed by atoms with Crippen LogP contribution in [0.2, 0.25) is 0 Å². The van der Waals surface area contributed by atoms with Gasteiger partial charge in [0.2, 0.25) is 0 Å². The fraction of sp³-hybridized carbons (Fsp3) is 0.294. The van der Waals surface area contributed by atoms with Gasteiger partial charge in [-0.05, 0) is 48.4 Å². The van der Waals surface area contributed by atoms with Crippen LogP contribution < -0.4 is 5.73 Å². The lowest BCUT2D eigenvalue weighted by molar-refractivity contribution is 0.271. The van der Waals surface area contributed by atoms with Crippen molar-refractivity contribution in [1.82, 2.24) is 4.90 Å². The van der Waals surface area contributed by atoms with Gasteiger partial charge >= 0.3 is 0 Å². The average molecular weight is 272 g/mol. The van der Waals surface area contributed by atoms with E-state index in [0.717, 1.165) is 18.7 Å². The summed E-state index contributed by atoms with van der Waals surface area (Å²) in [6.45, 7) is 6.62. The Morgan fingerprint density at radius 2 is 1.75 bits per heavy atom. The summed E-state index contributed by atoms with van der Waals surface area (Å²) in [6, 6.07) is 12.9. The fourth-order valence-corrected chi connectivity index (χ4v) is 2.26. The van der Waals surface area contributed by atoms with Crippen molar-refractivity contribution in [2.24, 2.45) is 0 Å². The highest BCUT2D eigenvalue weighted by molar-refractivity contribution is 5.46. The van der Waals surface area contributed by atoms with E-state index in [4.69, 9.17) is 5.73 Å². The van der Waals surface area contributed by atoms with E-state index < -0.39 is 0 Å². The van der Waals surface area contributed by atoms with Crippen LogP contribution in [-0.2, 0) is 13.1 Å². The van der Waals surface area contributed by atoms with Gasteiger partial charge in [0.15, 0.2) is 0 Å². The highest BCUT2D eigenvalue weighted by Crippen LogP contribution is 2.18. The average Bonchev–Trinajstić information content (AvgIpc) is 2.44. The van der Waals surface area contributed by atoms with Crippen molar-refractivity contribution in [2.45, 2.75) is 26.9 Å². The Morgan fingerprint density at radius 3 is 2.45 bits per heavy atom. The molecule has 3 heteroatoms. The van der Waals surface area contributed by atoms with Crippen LogP contribution in [0.15, 0.2) is 42.5 Å². The summed E-state index contributed by atoms with van der Waals surface area (Å²) in [5.41, 5.74) is 9.99. The molecule has 0 aliphatic carbocycles. The molecule has 0 bridgehead atoms. The van der Waals surface area contributed by atoms with Crippen LogP contribution in [0.4, 0.5) is 10.1 Å². The summed E-state index contributed by atoms with van der Waals surface area (Å²) in [4.78, 5) is 2.26. The maximum atomic E-state index is 13.3. The largest absolute Gasteiger partial charge is 0.398 e. The molecule has 0 saturated heterocycles. The van der Waals surface area contributed by atoms with Gasteiger partial charge in [-0.2, -0.15) is 0 Å². The van der Waals surface area contributed by atoms with Gasteiger partial charge in [-0.25, -0.2) is 4.39 Å². The van der Waals surface area contributed by atoms with Gasteiger partial charge in [0.25, 0.3) is 0 Å². The minimum absolute atomic E-state index is 0.235. The van der Waals surface area contributed by atoms with Gasteiger partial charge in [-0.1, -0.05) is 31.2 Å². The fourth-order valence-electron chi connectivity index (χ4n) is 2.26. The zero-order chi connectivity index (χ0) is 14.5. The lowest BCUT2D eigenvalue weighted by atomic mass is 10.1. The topological polar surface area (TPSA) is 29.3 Å². The minimum Gasteiger partial charge on any atom is -0.398 e. The third-order valence-electron chi connectivity index (χ3n) is 3.60. The molecule has 106 valence electrons. The molecule has 0 radical (unpaired) electrons. The second-order valence-corrected chi connectivity index (χ2v) is 5.07. The Hall–Kier alpha value is -1.87. The molecule has 20 heavy (non-hydrogen) atoms. The number of hydrogen-bond donors (Lipinski definition) is 1. The number of nitrogens with two attached hydrogens (primary N) is 1. The third kappa shape index (κ3) is 3.58. The molecule has 0 amide bonds. The number of anilines is 1. The maximum absolute atomic E-state index is 13.3. The number of nitrogens with zero attached hydrogens (tertiary/aromatic N) is 1. The summed E-state index contributed by atoms with van der Waals surface area (Å²) in [5.74, 6) is -0.235. The van der Waals surface area contributed by atoms with E-state index in [1.54, 1.807) is 6.07 Å². The van der Waals surface area contributed by atoms with Crippen LogP contribution in [0.3, 0.4) is 0 Å². The van der Waals surface area contributed by atoms with E-state index in [1.165, 1.54) is 23.3 Å². The standard InChI is InChI=1S/C17H21FN2/c1-3-20(11-14-7-5-4-6-13(14)2)12-15-10-16(18)8-9-17(15)19/h4-10H,3,11-12,19H2,1-2H3. The molecule has 0 spiro atoms. The van der Waals surface area contributed by atoms with Gasteiger partial charge in [0.05, 0.1) is 0 Å². The Kier molecular flexibility index (Phi) is 4.74. The molecular weight excluding hydrogens is 251 g/mol. The molecule has 2 aromatic rings. The Bertz CT molecular complexity index is 581. The highest BCUT2D eigenvalue weighted by Gasteiger charge is 2.09. The molecule has 0 atom stereocenters. The molecule has 0 aromatic heterocycles. The Balaban J connectivity index is 2.13. The van der Waals surface area contributed by atoms with Crippen LogP contribution in [0.25, 0.3) is 0 Å². The van der Waals surface area contributed by atoms with Crippen LogP contribution in [0.5, 0.6) is 0 Å². The SMILES string of the molecule is CCN(Cc1ccccc1C)Cc1cc(F)ccc1N. The van der Waals surface area contributed by atoms with Crippen molar-refractivity contribution < 1.29 is 4.39 Å². The minimum atomic E-state index is -0.235. The van der Waals surface area contributed by atoms with Crippen molar-refractivity contribution in [3.63, 3.8) is 0 Å². The number of aryl methyl sites for hydroxylation is 1.